The van der Waals surface area contributed by atoms with E-state index in [1.165, 1.54) is 19.2 Å². The van der Waals surface area contributed by atoms with Crippen molar-refractivity contribution in [2.75, 3.05) is 25.5 Å². The summed E-state index contributed by atoms with van der Waals surface area (Å²) in [6, 6.07) is 2.68. The predicted octanol–water partition coefficient (Wildman–Crippen LogP) is 3.96. The molecule has 154 valence electrons. The predicted molar refractivity (Wildman–Crippen MR) is 107 cm³/mol. The maximum Gasteiger partial charge on any atom is 0.410 e. The third-order valence-corrected chi connectivity index (χ3v) is 4.64. The Hall–Kier alpha value is -2.36. The lowest BCUT2D eigenvalue weighted by atomic mass is 10.0. The highest BCUT2D eigenvalue weighted by molar-refractivity contribution is 9.10. The van der Waals surface area contributed by atoms with E-state index in [4.69, 9.17) is 9.47 Å². The second-order valence-corrected chi connectivity index (χ2v) is 8.40. The quantitative estimate of drug-likeness (QED) is 0.413. The second-order valence-electron chi connectivity index (χ2n) is 7.48. The molecule has 0 aliphatic carbocycles. The van der Waals surface area contributed by atoms with Crippen molar-refractivity contribution < 1.29 is 24.0 Å². The summed E-state index contributed by atoms with van der Waals surface area (Å²) in [5.41, 5.74) is -0.585. The van der Waals surface area contributed by atoms with Crippen molar-refractivity contribution in [2.24, 2.45) is 0 Å². The van der Waals surface area contributed by atoms with Crippen LogP contribution in [-0.4, -0.2) is 53.7 Å². The number of nitrogens with one attached hydrogen (secondary N) is 1. The van der Waals surface area contributed by atoms with Crippen molar-refractivity contribution in [3.63, 3.8) is 0 Å². The maximum absolute atomic E-state index is 12.2. The zero-order valence-corrected chi connectivity index (χ0v) is 17.9. The number of benzene rings is 1. The zero-order chi connectivity index (χ0) is 21.1. The first-order valence-corrected chi connectivity index (χ1v) is 9.62. The number of anilines is 1. The lowest BCUT2D eigenvalue weighted by molar-refractivity contribution is -0.384. The molecule has 1 heterocycles. The molecule has 0 saturated carbocycles. The highest BCUT2D eigenvalue weighted by atomic mass is 79.9. The van der Waals surface area contributed by atoms with Gasteiger partial charge in [0.2, 0.25) is 0 Å². The molecule has 1 amide bonds. The molecule has 2 rings (SSSR count). The molecule has 1 aromatic carbocycles. The number of hydrogen-bond acceptors (Lipinski definition) is 7. The zero-order valence-electron chi connectivity index (χ0n) is 16.3. The fourth-order valence-corrected chi connectivity index (χ4v) is 3.34. The Bertz CT molecular complexity index is 769. The van der Waals surface area contributed by atoms with Crippen molar-refractivity contribution in [1.82, 2.24) is 4.90 Å². The Balaban J connectivity index is 2.15. The molecule has 1 saturated heterocycles. The number of nitrogens with zero attached hydrogens (tertiary/aromatic N) is 2. The van der Waals surface area contributed by atoms with E-state index in [1.54, 1.807) is 25.7 Å². The van der Waals surface area contributed by atoms with Crippen molar-refractivity contribution in [1.29, 1.82) is 0 Å². The van der Waals surface area contributed by atoms with Crippen LogP contribution >= 0.6 is 15.9 Å². The molecule has 1 N–H and O–H groups in total. The van der Waals surface area contributed by atoms with E-state index in [9.17, 15) is 19.7 Å². The van der Waals surface area contributed by atoms with Gasteiger partial charge >= 0.3 is 12.1 Å². The fourth-order valence-electron chi connectivity index (χ4n) is 2.90. The highest BCUT2D eigenvalue weighted by Gasteiger charge is 2.30. The van der Waals surface area contributed by atoms with E-state index in [-0.39, 0.29) is 29.1 Å². The lowest BCUT2D eigenvalue weighted by Gasteiger charge is -2.34. The van der Waals surface area contributed by atoms with Gasteiger partial charge in [-0.25, -0.2) is 9.59 Å². The summed E-state index contributed by atoms with van der Waals surface area (Å²) >= 11 is 3.19. The molecule has 0 aromatic heterocycles. The summed E-state index contributed by atoms with van der Waals surface area (Å²) in [5.74, 6) is -0.668. The van der Waals surface area contributed by atoms with E-state index in [1.807, 2.05) is 0 Å². The molecule has 9 nitrogen and oxygen atoms in total. The smallest absolute Gasteiger partial charge is 0.410 e. The number of carbonyl (C=O) groups excluding carboxylic acids is 2. The molecule has 1 aliphatic heterocycles. The summed E-state index contributed by atoms with van der Waals surface area (Å²) in [5, 5.41) is 14.6. The van der Waals surface area contributed by atoms with Crippen LogP contribution in [0.2, 0.25) is 0 Å². The lowest BCUT2D eigenvalue weighted by Crippen LogP contribution is -2.44. The van der Waals surface area contributed by atoms with Crippen molar-refractivity contribution in [2.45, 2.75) is 45.3 Å². The molecule has 1 fully saturated rings. The van der Waals surface area contributed by atoms with Gasteiger partial charge in [-0.2, -0.15) is 0 Å². The molecular formula is C18H24BrN3O6. The van der Waals surface area contributed by atoms with E-state index in [2.05, 4.69) is 21.2 Å². The first-order valence-electron chi connectivity index (χ1n) is 8.82. The van der Waals surface area contributed by atoms with E-state index >= 15 is 0 Å². The number of likely N-dealkylation sites (tertiary alicyclic amines) is 1. The van der Waals surface area contributed by atoms with Gasteiger partial charge in [-0.15, -0.1) is 0 Å². The van der Waals surface area contributed by atoms with Gasteiger partial charge in [-0.3, -0.25) is 10.1 Å². The van der Waals surface area contributed by atoms with Gasteiger partial charge in [0.25, 0.3) is 5.69 Å². The molecule has 0 atom stereocenters. The number of nitro groups is 1. The largest absolute Gasteiger partial charge is 0.465 e. The number of hydrogen-bond donors (Lipinski definition) is 1. The van der Waals surface area contributed by atoms with Crippen LogP contribution in [-0.2, 0) is 9.47 Å². The standard InChI is InChI=1S/C18H24BrN3O6/c1-18(2,3)28-17(24)21-7-5-12(6-8-21)20-15-13(16(23)27-4)9-11(19)10-14(15)22(25)26/h9-10,12,20H,5-8H2,1-4H3. The minimum atomic E-state index is -0.668. The van der Waals surface area contributed by atoms with Crippen LogP contribution < -0.4 is 5.32 Å². The molecule has 0 radical (unpaired) electrons. The van der Waals surface area contributed by atoms with Gasteiger partial charge < -0.3 is 19.7 Å². The number of ether oxygens (including phenoxy) is 2. The number of esters is 1. The van der Waals surface area contributed by atoms with Crippen LogP contribution in [0.15, 0.2) is 16.6 Å². The van der Waals surface area contributed by atoms with Crippen molar-refractivity contribution in [3.8, 4) is 0 Å². The minimum absolute atomic E-state index is 0.0816. The Morgan fingerprint density at radius 1 is 1.29 bits per heavy atom. The van der Waals surface area contributed by atoms with E-state index in [0.29, 0.717) is 30.4 Å². The number of methoxy groups -OCH3 is 1. The van der Waals surface area contributed by atoms with Crippen molar-refractivity contribution >= 4 is 39.4 Å². The maximum atomic E-state index is 12.2. The van der Waals surface area contributed by atoms with Gasteiger partial charge in [0.05, 0.1) is 17.6 Å². The molecule has 1 aliphatic rings. The molecule has 0 bridgehead atoms. The third-order valence-electron chi connectivity index (χ3n) is 4.18. The fraction of sp³-hybridized carbons (Fsp3) is 0.556. The van der Waals surface area contributed by atoms with Crippen LogP contribution in [0.3, 0.4) is 0 Å². The van der Waals surface area contributed by atoms with Gasteiger partial charge in [0.1, 0.15) is 11.3 Å². The Morgan fingerprint density at radius 3 is 2.39 bits per heavy atom. The molecule has 0 spiro atoms. The normalized spacial score (nSPS) is 15.1. The molecule has 0 unspecified atom stereocenters. The molecule has 10 heteroatoms. The number of amides is 1. The van der Waals surface area contributed by atoms with Crippen LogP contribution in [0.5, 0.6) is 0 Å². The molecular weight excluding hydrogens is 434 g/mol. The van der Waals surface area contributed by atoms with Crippen LogP contribution in [0.1, 0.15) is 44.0 Å². The monoisotopic (exact) mass is 457 g/mol. The summed E-state index contributed by atoms with van der Waals surface area (Å²) in [6.45, 7) is 6.32. The highest BCUT2D eigenvalue weighted by Crippen LogP contribution is 2.34. The Kier molecular flexibility index (Phi) is 6.87. The van der Waals surface area contributed by atoms with Gasteiger partial charge in [-0.05, 0) is 39.7 Å². The van der Waals surface area contributed by atoms with Crippen molar-refractivity contribution in [3.05, 3.63) is 32.3 Å². The van der Waals surface area contributed by atoms with Crippen LogP contribution in [0, 0.1) is 10.1 Å². The summed E-state index contributed by atoms with van der Waals surface area (Å²) in [4.78, 5) is 36.8. The minimum Gasteiger partial charge on any atom is -0.465 e. The van der Waals surface area contributed by atoms with Gasteiger partial charge in [0, 0.05) is 29.7 Å². The number of carbonyl (C=O) groups is 2. The molecule has 1 aromatic rings. The summed E-state index contributed by atoms with van der Waals surface area (Å²) < 4.78 is 10.5. The Labute approximate surface area is 171 Å². The second kappa shape index (κ2) is 8.76. The number of halogens is 1. The van der Waals surface area contributed by atoms with Gasteiger partial charge in [-0.1, -0.05) is 15.9 Å². The topological polar surface area (TPSA) is 111 Å². The third kappa shape index (κ3) is 5.57. The first-order chi connectivity index (χ1) is 13.0. The van der Waals surface area contributed by atoms with E-state index in [0.717, 1.165) is 0 Å². The summed E-state index contributed by atoms with van der Waals surface area (Å²) in [6.07, 6.45) is 0.746. The average Bonchev–Trinajstić information content (AvgIpc) is 2.61. The Morgan fingerprint density at radius 2 is 1.89 bits per heavy atom. The van der Waals surface area contributed by atoms with E-state index < -0.39 is 16.5 Å². The number of rotatable bonds is 4. The first kappa shape index (κ1) is 21.9. The number of nitro benzene ring substituents is 1. The molecule has 28 heavy (non-hydrogen) atoms. The number of piperidine rings is 1. The van der Waals surface area contributed by atoms with Crippen LogP contribution in [0.4, 0.5) is 16.2 Å². The van der Waals surface area contributed by atoms with Crippen LogP contribution in [0.25, 0.3) is 0 Å². The average molecular weight is 458 g/mol. The van der Waals surface area contributed by atoms with Gasteiger partial charge in [0.15, 0.2) is 0 Å². The summed E-state index contributed by atoms with van der Waals surface area (Å²) in [7, 11) is 1.22. The SMILES string of the molecule is COC(=O)c1cc(Br)cc([N+](=O)[O-])c1NC1CCN(C(=O)OC(C)(C)C)CC1.